The zero-order valence-corrected chi connectivity index (χ0v) is 8.22. The number of hydrogen-bond donors (Lipinski definition) is 1. The SMILES string of the molecule is O=C(c1ccon1)N1CC(O)(C2CC2)C1. The fourth-order valence-corrected chi connectivity index (χ4v) is 2.12. The number of aromatic nitrogens is 1. The molecule has 1 aliphatic heterocycles. The lowest BCUT2D eigenvalue weighted by Crippen LogP contribution is -2.64. The Morgan fingerprint density at radius 2 is 2.33 bits per heavy atom. The fraction of sp³-hybridized carbons (Fsp3) is 0.600. The van der Waals surface area contributed by atoms with E-state index < -0.39 is 5.60 Å². The molecule has 0 bridgehead atoms. The van der Waals surface area contributed by atoms with Crippen molar-refractivity contribution in [3.05, 3.63) is 18.0 Å². The minimum atomic E-state index is -0.626. The summed E-state index contributed by atoms with van der Waals surface area (Å²) < 4.78 is 4.61. The first-order chi connectivity index (χ1) is 7.19. The lowest BCUT2D eigenvalue weighted by Gasteiger charge is -2.46. The lowest BCUT2D eigenvalue weighted by atomic mass is 9.88. The van der Waals surface area contributed by atoms with Crippen LogP contribution in [0.1, 0.15) is 23.3 Å². The van der Waals surface area contributed by atoms with Crippen LogP contribution >= 0.6 is 0 Å². The van der Waals surface area contributed by atoms with E-state index in [9.17, 15) is 9.90 Å². The second-order valence-electron chi connectivity index (χ2n) is 4.42. The molecule has 0 unspecified atom stereocenters. The Labute approximate surface area is 86.7 Å². The predicted octanol–water partition coefficient (Wildman–Crippen LogP) is 0.272. The summed E-state index contributed by atoms with van der Waals surface area (Å²) >= 11 is 0. The van der Waals surface area contributed by atoms with Gasteiger partial charge in [-0.15, -0.1) is 0 Å². The molecular weight excluding hydrogens is 196 g/mol. The van der Waals surface area contributed by atoms with Gasteiger partial charge >= 0.3 is 0 Å². The maximum Gasteiger partial charge on any atom is 0.276 e. The van der Waals surface area contributed by atoms with Crippen molar-refractivity contribution in [2.75, 3.05) is 13.1 Å². The molecule has 1 aliphatic carbocycles. The molecule has 5 nitrogen and oxygen atoms in total. The minimum Gasteiger partial charge on any atom is -0.386 e. The van der Waals surface area contributed by atoms with Crippen molar-refractivity contribution in [2.45, 2.75) is 18.4 Å². The highest BCUT2D eigenvalue weighted by atomic mass is 16.5. The van der Waals surface area contributed by atoms with Gasteiger partial charge in [0.2, 0.25) is 0 Å². The summed E-state index contributed by atoms with van der Waals surface area (Å²) in [6, 6.07) is 1.54. The highest BCUT2D eigenvalue weighted by Crippen LogP contribution is 2.44. The third-order valence-corrected chi connectivity index (χ3v) is 3.21. The number of aliphatic hydroxyl groups is 1. The van der Waals surface area contributed by atoms with Crippen LogP contribution in [-0.4, -0.2) is 39.8 Å². The molecule has 0 spiro atoms. The van der Waals surface area contributed by atoms with Crippen LogP contribution in [0.5, 0.6) is 0 Å². The van der Waals surface area contributed by atoms with E-state index in [0.29, 0.717) is 24.7 Å². The van der Waals surface area contributed by atoms with Gasteiger partial charge in [0.25, 0.3) is 5.91 Å². The molecule has 1 saturated heterocycles. The smallest absolute Gasteiger partial charge is 0.276 e. The Hall–Kier alpha value is -1.36. The van der Waals surface area contributed by atoms with Crippen molar-refractivity contribution in [1.82, 2.24) is 10.1 Å². The van der Waals surface area contributed by atoms with E-state index in [1.54, 1.807) is 4.90 Å². The van der Waals surface area contributed by atoms with E-state index in [4.69, 9.17) is 0 Å². The van der Waals surface area contributed by atoms with Crippen LogP contribution in [0.3, 0.4) is 0 Å². The van der Waals surface area contributed by atoms with Gasteiger partial charge in [-0.2, -0.15) is 0 Å². The van der Waals surface area contributed by atoms with Crippen molar-refractivity contribution in [2.24, 2.45) is 5.92 Å². The van der Waals surface area contributed by atoms with Crippen LogP contribution in [0.15, 0.2) is 16.9 Å². The number of nitrogens with zero attached hydrogens (tertiary/aromatic N) is 2. The molecule has 0 radical (unpaired) electrons. The Kier molecular flexibility index (Phi) is 1.68. The first-order valence-electron chi connectivity index (χ1n) is 5.11. The van der Waals surface area contributed by atoms with E-state index in [2.05, 4.69) is 9.68 Å². The maximum absolute atomic E-state index is 11.7. The summed E-state index contributed by atoms with van der Waals surface area (Å²) in [4.78, 5) is 13.3. The van der Waals surface area contributed by atoms with E-state index >= 15 is 0 Å². The van der Waals surface area contributed by atoms with E-state index in [-0.39, 0.29) is 5.91 Å². The first kappa shape index (κ1) is 8.91. The third-order valence-electron chi connectivity index (χ3n) is 3.21. The van der Waals surface area contributed by atoms with Crippen LogP contribution in [0.4, 0.5) is 0 Å². The van der Waals surface area contributed by atoms with Crippen LogP contribution in [0.25, 0.3) is 0 Å². The van der Waals surface area contributed by atoms with Gasteiger partial charge in [-0.25, -0.2) is 0 Å². The first-order valence-corrected chi connectivity index (χ1v) is 5.11. The van der Waals surface area contributed by atoms with Crippen molar-refractivity contribution < 1.29 is 14.4 Å². The Morgan fingerprint density at radius 3 is 2.87 bits per heavy atom. The summed E-state index contributed by atoms with van der Waals surface area (Å²) in [6.45, 7) is 0.868. The van der Waals surface area contributed by atoms with Gasteiger partial charge in [-0.3, -0.25) is 4.79 Å². The highest BCUT2D eigenvalue weighted by Gasteiger charge is 2.53. The molecule has 1 aromatic rings. The summed E-state index contributed by atoms with van der Waals surface area (Å²) in [5.74, 6) is 0.243. The van der Waals surface area contributed by atoms with Crippen LogP contribution in [0, 0.1) is 5.92 Å². The van der Waals surface area contributed by atoms with Gasteiger partial charge in [0.15, 0.2) is 5.69 Å². The minimum absolute atomic E-state index is 0.158. The summed E-state index contributed by atoms with van der Waals surface area (Å²) in [6.07, 6.45) is 3.55. The zero-order chi connectivity index (χ0) is 10.5. The Morgan fingerprint density at radius 1 is 1.60 bits per heavy atom. The van der Waals surface area contributed by atoms with Gasteiger partial charge in [0.1, 0.15) is 11.9 Å². The summed E-state index contributed by atoms with van der Waals surface area (Å²) in [5.41, 5.74) is -0.313. The largest absolute Gasteiger partial charge is 0.386 e. The van der Waals surface area contributed by atoms with E-state index in [1.165, 1.54) is 12.3 Å². The number of carbonyl (C=O) groups is 1. The monoisotopic (exact) mass is 208 g/mol. The predicted molar refractivity (Wildman–Crippen MR) is 50.1 cm³/mol. The summed E-state index contributed by atoms with van der Waals surface area (Å²) in [7, 11) is 0. The van der Waals surface area contributed by atoms with Gasteiger partial charge in [-0.05, 0) is 18.8 Å². The molecule has 1 amide bonds. The molecule has 2 aliphatic rings. The Balaban J connectivity index is 1.65. The quantitative estimate of drug-likeness (QED) is 0.757. The van der Waals surface area contributed by atoms with E-state index in [1.807, 2.05) is 0 Å². The number of amides is 1. The second kappa shape index (κ2) is 2.82. The fourth-order valence-electron chi connectivity index (χ4n) is 2.12. The molecule has 80 valence electrons. The third kappa shape index (κ3) is 1.34. The number of hydrogen-bond acceptors (Lipinski definition) is 4. The van der Waals surface area contributed by atoms with Crippen molar-refractivity contribution in [3.63, 3.8) is 0 Å². The molecule has 1 aromatic heterocycles. The summed E-state index contributed by atoms with van der Waals surface area (Å²) in [5, 5.41) is 13.6. The molecule has 5 heteroatoms. The van der Waals surface area contributed by atoms with E-state index in [0.717, 1.165) is 12.8 Å². The molecule has 0 atom stereocenters. The number of rotatable bonds is 2. The van der Waals surface area contributed by atoms with Gasteiger partial charge in [-0.1, -0.05) is 5.16 Å². The van der Waals surface area contributed by atoms with Crippen molar-refractivity contribution in [1.29, 1.82) is 0 Å². The molecule has 1 saturated carbocycles. The molecule has 1 N–H and O–H groups in total. The van der Waals surface area contributed by atoms with Gasteiger partial charge in [0, 0.05) is 6.07 Å². The zero-order valence-electron chi connectivity index (χ0n) is 8.22. The van der Waals surface area contributed by atoms with Gasteiger partial charge < -0.3 is 14.5 Å². The standard InChI is InChI=1S/C10H12N2O3/c13-9(8-3-4-15-11-8)12-5-10(14,6-12)7-1-2-7/h3-4,7,14H,1-2,5-6H2. The topological polar surface area (TPSA) is 66.6 Å². The average Bonchev–Trinajstić information content (AvgIpc) is 2.89. The van der Waals surface area contributed by atoms with Crippen LogP contribution in [0.2, 0.25) is 0 Å². The molecule has 2 fully saturated rings. The van der Waals surface area contributed by atoms with Crippen LogP contribution < -0.4 is 0 Å². The molecule has 3 rings (SSSR count). The highest BCUT2D eigenvalue weighted by molar-refractivity contribution is 5.92. The number of β-amino-alcohol motifs (C(OH)–C–C–N with tert-alkyl or cyclic N) is 1. The molecular formula is C10H12N2O3. The Bertz CT molecular complexity index is 377. The average molecular weight is 208 g/mol. The van der Waals surface area contributed by atoms with Crippen molar-refractivity contribution in [3.8, 4) is 0 Å². The van der Waals surface area contributed by atoms with Crippen molar-refractivity contribution >= 4 is 5.91 Å². The second-order valence-corrected chi connectivity index (χ2v) is 4.42. The normalized spacial score (nSPS) is 23.7. The number of likely N-dealkylation sites (tertiary alicyclic amines) is 1. The van der Waals surface area contributed by atoms with Gasteiger partial charge in [0.05, 0.1) is 13.1 Å². The van der Waals surface area contributed by atoms with Crippen LogP contribution in [-0.2, 0) is 0 Å². The molecule has 15 heavy (non-hydrogen) atoms. The molecule has 2 heterocycles. The lowest BCUT2D eigenvalue weighted by molar-refractivity contribution is -0.0960. The maximum atomic E-state index is 11.7. The molecule has 0 aromatic carbocycles. The number of carbonyl (C=O) groups excluding carboxylic acids is 1.